The lowest BCUT2D eigenvalue weighted by atomic mass is 9.77. The average Bonchev–Trinajstić information content (AvgIpc) is 3.09. The smallest absolute Gasteiger partial charge is 0.351 e. The fraction of sp³-hybridized carbons (Fsp3) is 0.474. The van der Waals surface area contributed by atoms with Gasteiger partial charge in [0.05, 0.1) is 34.5 Å². The number of esters is 4. The Kier molecular flexibility index (Phi) is 6.40. The van der Waals surface area contributed by atoms with Gasteiger partial charge in [0.2, 0.25) is 0 Å². The van der Waals surface area contributed by atoms with Crippen LogP contribution >= 0.6 is 0 Å². The molecule has 28 heavy (non-hydrogen) atoms. The Bertz CT molecular complexity index is 752. The van der Waals surface area contributed by atoms with Crippen LogP contribution in [0.15, 0.2) is 24.3 Å². The molecule has 0 amide bonds. The number of hydrogen-bond donors (Lipinski definition) is 0. The molecule has 2 rings (SSSR count). The molecule has 0 unspecified atom stereocenters. The van der Waals surface area contributed by atoms with Crippen molar-refractivity contribution in [2.75, 3.05) is 28.4 Å². The number of benzene rings is 1. The van der Waals surface area contributed by atoms with Gasteiger partial charge in [0.1, 0.15) is 11.8 Å². The molecule has 0 aliphatic carbocycles. The number of ether oxygens (including phenoxy) is 5. The van der Waals surface area contributed by atoms with Crippen LogP contribution in [0, 0.1) is 18.8 Å². The predicted octanol–water partition coefficient (Wildman–Crippen LogP) is 0.730. The van der Waals surface area contributed by atoms with Crippen LogP contribution in [0.4, 0.5) is 0 Å². The maximum absolute atomic E-state index is 12.6. The van der Waals surface area contributed by atoms with Gasteiger partial charge in [0.15, 0.2) is 0 Å². The number of carbonyl (C=O) groups excluding carboxylic acids is 4. The highest BCUT2D eigenvalue weighted by Gasteiger charge is 2.71. The third-order valence-corrected chi connectivity index (χ3v) is 4.75. The van der Waals surface area contributed by atoms with Crippen molar-refractivity contribution in [1.29, 1.82) is 0 Å². The molecule has 0 N–H and O–H groups in total. The lowest BCUT2D eigenvalue weighted by Crippen LogP contribution is -2.56. The molecule has 1 fully saturated rings. The first-order chi connectivity index (χ1) is 13.3. The first-order valence-corrected chi connectivity index (χ1v) is 8.35. The summed E-state index contributed by atoms with van der Waals surface area (Å²) in [7, 11) is 4.24. The Morgan fingerprint density at radius 3 is 1.75 bits per heavy atom. The fourth-order valence-electron chi connectivity index (χ4n) is 3.38. The monoisotopic (exact) mass is 394 g/mol. The van der Waals surface area contributed by atoms with Crippen LogP contribution in [0.5, 0.6) is 0 Å². The Hall–Kier alpha value is -2.94. The van der Waals surface area contributed by atoms with Crippen molar-refractivity contribution in [3.63, 3.8) is 0 Å². The summed E-state index contributed by atoms with van der Waals surface area (Å²) in [6, 6.07) is 6.84. The van der Waals surface area contributed by atoms with Gasteiger partial charge in [0.25, 0.3) is 5.60 Å². The van der Waals surface area contributed by atoms with Gasteiger partial charge in [-0.25, -0.2) is 9.59 Å². The summed E-state index contributed by atoms with van der Waals surface area (Å²) in [6.45, 7) is 1.86. The third kappa shape index (κ3) is 3.33. The first-order valence-electron chi connectivity index (χ1n) is 8.35. The van der Waals surface area contributed by atoms with E-state index in [4.69, 9.17) is 23.7 Å². The van der Waals surface area contributed by atoms with Crippen molar-refractivity contribution >= 4 is 23.9 Å². The fourth-order valence-corrected chi connectivity index (χ4v) is 3.38. The van der Waals surface area contributed by atoms with Crippen LogP contribution in [0.1, 0.15) is 17.2 Å². The SMILES string of the molecule is COC(=O)[C@H]1[C@@H](c2ccc(C)cc2)OC(C(=O)OC)(C(=O)OC)[C@@H]1C(=O)OC. The molecule has 9 nitrogen and oxygen atoms in total. The average molecular weight is 394 g/mol. The van der Waals surface area contributed by atoms with Gasteiger partial charge in [-0.2, -0.15) is 0 Å². The summed E-state index contributed by atoms with van der Waals surface area (Å²) in [6.07, 6.45) is -1.16. The quantitative estimate of drug-likeness (QED) is 0.405. The van der Waals surface area contributed by atoms with E-state index in [9.17, 15) is 19.2 Å². The highest BCUT2D eigenvalue weighted by atomic mass is 16.6. The molecular weight excluding hydrogens is 372 g/mol. The second kappa shape index (κ2) is 8.39. The van der Waals surface area contributed by atoms with Gasteiger partial charge < -0.3 is 23.7 Å². The largest absolute Gasteiger partial charge is 0.469 e. The molecule has 0 saturated carbocycles. The maximum Gasteiger partial charge on any atom is 0.351 e. The van der Waals surface area contributed by atoms with Gasteiger partial charge in [-0.15, -0.1) is 0 Å². The van der Waals surface area contributed by atoms with E-state index in [-0.39, 0.29) is 0 Å². The molecule has 152 valence electrons. The van der Waals surface area contributed by atoms with E-state index in [0.29, 0.717) is 5.56 Å². The van der Waals surface area contributed by atoms with Gasteiger partial charge in [-0.3, -0.25) is 9.59 Å². The Labute approximate surface area is 161 Å². The number of rotatable bonds is 5. The standard InChI is InChI=1S/C19H22O9/c1-10-6-8-11(9-7-10)14-12(15(20)24-2)13(16(21)25-3)19(28-14,17(22)26-4)18(23)27-5/h6-9,12-14H,1-5H3/t12-,13+,14-/m1/s1. The van der Waals surface area contributed by atoms with E-state index in [1.54, 1.807) is 24.3 Å². The molecule has 1 aliphatic heterocycles. The van der Waals surface area contributed by atoms with E-state index in [2.05, 4.69) is 0 Å². The number of hydrogen-bond acceptors (Lipinski definition) is 9. The molecule has 1 heterocycles. The molecule has 1 saturated heterocycles. The van der Waals surface area contributed by atoms with E-state index >= 15 is 0 Å². The number of aryl methyl sites for hydroxylation is 1. The summed E-state index contributed by atoms with van der Waals surface area (Å²) in [5.41, 5.74) is -1.12. The maximum atomic E-state index is 12.6. The van der Waals surface area contributed by atoms with Crippen LogP contribution in [0.25, 0.3) is 0 Å². The topological polar surface area (TPSA) is 114 Å². The highest BCUT2D eigenvalue weighted by Crippen LogP contribution is 2.50. The lowest BCUT2D eigenvalue weighted by Gasteiger charge is -2.27. The minimum Gasteiger partial charge on any atom is -0.469 e. The van der Waals surface area contributed by atoms with E-state index in [1.165, 1.54) is 0 Å². The second-order valence-electron chi connectivity index (χ2n) is 6.22. The summed E-state index contributed by atoms with van der Waals surface area (Å²) < 4.78 is 24.8. The molecule has 1 aliphatic rings. The number of carbonyl (C=O) groups is 4. The summed E-state index contributed by atoms with van der Waals surface area (Å²) in [5, 5.41) is 0. The van der Waals surface area contributed by atoms with Crippen molar-refractivity contribution in [1.82, 2.24) is 0 Å². The molecule has 3 atom stereocenters. The highest BCUT2D eigenvalue weighted by molar-refractivity contribution is 6.09. The van der Waals surface area contributed by atoms with E-state index < -0.39 is 47.4 Å². The first kappa shape index (κ1) is 21.4. The Morgan fingerprint density at radius 2 is 1.32 bits per heavy atom. The van der Waals surface area contributed by atoms with Crippen LogP contribution in [-0.4, -0.2) is 57.9 Å². The van der Waals surface area contributed by atoms with E-state index in [1.807, 2.05) is 6.92 Å². The zero-order chi connectivity index (χ0) is 21.1. The predicted molar refractivity (Wildman–Crippen MR) is 92.8 cm³/mol. The Balaban J connectivity index is 2.75. The zero-order valence-corrected chi connectivity index (χ0v) is 16.2. The summed E-state index contributed by atoms with van der Waals surface area (Å²) >= 11 is 0. The molecule has 9 heteroatoms. The van der Waals surface area contributed by atoms with Crippen LogP contribution < -0.4 is 0 Å². The summed E-state index contributed by atoms with van der Waals surface area (Å²) in [4.78, 5) is 50.5. The second-order valence-corrected chi connectivity index (χ2v) is 6.22. The van der Waals surface area contributed by atoms with Crippen molar-refractivity contribution in [3.05, 3.63) is 35.4 Å². The van der Waals surface area contributed by atoms with Crippen molar-refractivity contribution in [3.8, 4) is 0 Å². The minimum atomic E-state index is -2.52. The van der Waals surface area contributed by atoms with Crippen LogP contribution in [0.2, 0.25) is 0 Å². The van der Waals surface area contributed by atoms with Gasteiger partial charge in [0, 0.05) is 0 Å². The van der Waals surface area contributed by atoms with Gasteiger partial charge in [-0.05, 0) is 12.5 Å². The zero-order valence-electron chi connectivity index (χ0n) is 16.2. The molecule has 1 aromatic carbocycles. The van der Waals surface area contributed by atoms with Gasteiger partial charge >= 0.3 is 23.9 Å². The minimum absolute atomic E-state index is 0.463. The van der Waals surface area contributed by atoms with Crippen molar-refractivity contribution in [2.45, 2.75) is 18.6 Å². The van der Waals surface area contributed by atoms with Crippen molar-refractivity contribution in [2.24, 2.45) is 11.8 Å². The summed E-state index contributed by atoms with van der Waals surface area (Å²) in [5.74, 6) is -7.25. The van der Waals surface area contributed by atoms with Gasteiger partial charge in [-0.1, -0.05) is 29.8 Å². The van der Waals surface area contributed by atoms with Crippen LogP contribution in [0.3, 0.4) is 0 Å². The molecule has 1 aromatic rings. The Morgan fingerprint density at radius 1 is 0.821 bits per heavy atom. The normalized spacial score (nSPS) is 22.8. The van der Waals surface area contributed by atoms with Crippen molar-refractivity contribution < 1.29 is 42.9 Å². The lowest BCUT2D eigenvalue weighted by molar-refractivity contribution is -0.194. The molecule has 0 radical (unpaired) electrons. The molecule has 0 bridgehead atoms. The third-order valence-electron chi connectivity index (χ3n) is 4.75. The van der Waals surface area contributed by atoms with Crippen LogP contribution in [-0.2, 0) is 42.9 Å². The molecule has 0 spiro atoms. The molecule has 0 aromatic heterocycles. The number of methoxy groups -OCH3 is 4. The van der Waals surface area contributed by atoms with E-state index in [0.717, 1.165) is 34.0 Å². The molecular formula is C19H22O9.